The Kier molecular flexibility index (Phi) is 8.32. The van der Waals surface area contributed by atoms with Crippen molar-refractivity contribution < 1.29 is 22.7 Å². The number of fused-ring (bicyclic) bond motifs is 1. The van der Waals surface area contributed by atoms with E-state index in [9.17, 15) is 22.7 Å². The second-order valence-corrected chi connectivity index (χ2v) is 7.65. The van der Waals surface area contributed by atoms with Gasteiger partial charge in [0.1, 0.15) is 5.82 Å². The lowest BCUT2D eigenvalue weighted by molar-refractivity contribution is 0.0499. The molecule has 0 amide bonds. The zero-order valence-electron chi connectivity index (χ0n) is 18.6. The molecule has 0 aliphatic heterocycles. The molecule has 178 valence electrons. The Morgan fingerprint density at radius 3 is 2.58 bits per heavy atom. The number of aromatic hydroxyl groups is 1. The van der Waals surface area contributed by atoms with E-state index in [1.807, 2.05) is 0 Å². The molecule has 5 nitrogen and oxygen atoms in total. The molecule has 3 aromatic rings. The lowest BCUT2D eigenvalue weighted by atomic mass is 10.1. The van der Waals surface area contributed by atoms with Gasteiger partial charge in [-0.1, -0.05) is 13.8 Å². The van der Waals surface area contributed by atoms with Gasteiger partial charge in [0, 0.05) is 34.9 Å². The maximum atomic E-state index is 14.3. The predicted octanol–water partition coefficient (Wildman–Crippen LogP) is 6.18. The Bertz CT molecular complexity index is 1100. The molecule has 9 heteroatoms. The third kappa shape index (κ3) is 6.04. The summed E-state index contributed by atoms with van der Waals surface area (Å²) in [5.41, 5.74) is 1.10. The molecule has 3 N–H and O–H groups in total. The summed E-state index contributed by atoms with van der Waals surface area (Å²) in [6, 6.07) is 8.33. The van der Waals surface area contributed by atoms with Gasteiger partial charge in [0.25, 0.3) is 6.43 Å². The second-order valence-electron chi connectivity index (χ2n) is 7.65. The Morgan fingerprint density at radius 1 is 1.12 bits per heavy atom. The highest BCUT2D eigenvalue weighted by Gasteiger charge is 2.24. The van der Waals surface area contributed by atoms with Crippen molar-refractivity contribution in [3.8, 4) is 5.88 Å². The van der Waals surface area contributed by atoms with Crippen LogP contribution < -0.4 is 5.32 Å². The van der Waals surface area contributed by atoms with Crippen LogP contribution in [0.2, 0.25) is 0 Å². The van der Waals surface area contributed by atoms with Gasteiger partial charge in [-0.2, -0.15) is 0 Å². The van der Waals surface area contributed by atoms with E-state index in [2.05, 4.69) is 34.0 Å². The van der Waals surface area contributed by atoms with E-state index < -0.39 is 18.4 Å². The first-order valence-electron chi connectivity index (χ1n) is 10.9. The van der Waals surface area contributed by atoms with Crippen molar-refractivity contribution in [1.29, 1.82) is 0 Å². The van der Waals surface area contributed by atoms with E-state index >= 15 is 0 Å². The number of anilines is 1. The average Bonchev–Trinajstić information content (AvgIpc) is 3.11. The van der Waals surface area contributed by atoms with E-state index in [0.717, 1.165) is 26.1 Å². The number of aliphatic imine (C=N–C) groups is 1. The minimum atomic E-state index is -3.18. The quantitative estimate of drug-likeness (QED) is 0.180. The number of halogens is 4. The summed E-state index contributed by atoms with van der Waals surface area (Å²) < 4.78 is 54.3. The van der Waals surface area contributed by atoms with Gasteiger partial charge in [0.2, 0.25) is 0 Å². The van der Waals surface area contributed by atoms with E-state index in [-0.39, 0.29) is 22.7 Å². The van der Waals surface area contributed by atoms with Crippen LogP contribution in [0.1, 0.15) is 37.6 Å². The summed E-state index contributed by atoms with van der Waals surface area (Å²) in [5.74, 6) is -0.686. The fourth-order valence-electron chi connectivity index (χ4n) is 3.66. The molecule has 3 rings (SSSR count). The molecule has 0 fully saturated rings. The number of H-pyrrole nitrogens is 1. The molecule has 2 aromatic carbocycles. The predicted molar refractivity (Wildman–Crippen MR) is 124 cm³/mol. The molecule has 1 atom stereocenters. The van der Waals surface area contributed by atoms with Gasteiger partial charge in [-0.15, -0.1) is 0 Å². The highest BCUT2D eigenvalue weighted by atomic mass is 19.3. The maximum absolute atomic E-state index is 14.3. The fourth-order valence-corrected chi connectivity index (χ4v) is 3.66. The number of rotatable bonds is 11. The highest BCUT2D eigenvalue weighted by Crippen LogP contribution is 2.34. The largest absolute Gasteiger partial charge is 0.494 e. The molecule has 0 aliphatic rings. The summed E-state index contributed by atoms with van der Waals surface area (Å²) >= 11 is 0. The van der Waals surface area contributed by atoms with Crippen molar-refractivity contribution in [2.75, 3.05) is 31.5 Å². The Morgan fingerprint density at radius 2 is 1.88 bits per heavy atom. The molecular weight excluding hydrogens is 436 g/mol. The minimum Gasteiger partial charge on any atom is -0.494 e. The van der Waals surface area contributed by atoms with Crippen LogP contribution in [0.4, 0.5) is 28.9 Å². The second kappa shape index (κ2) is 11.2. The Labute approximate surface area is 190 Å². The minimum absolute atomic E-state index is 0.184. The summed E-state index contributed by atoms with van der Waals surface area (Å²) in [6.07, 6.45) is -3.58. The van der Waals surface area contributed by atoms with Crippen LogP contribution in [0.25, 0.3) is 10.9 Å². The molecular formula is C24H28F4N4O. The zero-order valence-corrected chi connectivity index (χ0v) is 18.6. The van der Waals surface area contributed by atoms with Crippen molar-refractivity contribution >= 4 is 28.5 Å². The number of nitrogens with zero attached hydrogens (tertiary/aromatic N) is 2. The number of aromatic amines is 1. The van der Waals surface area contributed by atoms with Crippen LogP contribution in [0.3, 0.4) is 0 Å². The monoisotopic (exact) mass is 464 g/mol. The molecule has 33 heavy (non-hydrogen) atoms. The van der Waals surface area contributed by atoms with Crippen molar-refractivity contribution in [1.82, 2.24) is 9.88 Å². The lowest BCUT2D eigenvalue weighted by Gasteiger charge is -2.19. The Balaban J connectivity index is 1.81. The summed E-state index contributed by atoms with van der Waals surface area (Å²) in [7, 11) is 0. The van der Waals surface area contributed by atoms with Gasteiger partial charge in [-0.05, 0) is 62.5 Å². The molecule has 0 saturated carbocycles. The first kappa shape index (κ1) is 24.6. The highest BCUT2D eigenvalue weighted by molar-refractivity contribution is 6.02. The number of alkyl halides is 3. The third-order valence-corrected chi connectivity index (χ3v) is 5.54. The summed E-state index contributed by atoms with van der Waals surface area (Å²) in [6.45, 7) is 7.33. The molecule has 1 heterocycles. The molecule has 0 bridgehead atoms. The van der Waals surface area contributed by atoms with Gasteiger partial charge in [-0.25, -0.2) is 17.6 Å². The van der Waals surface area contributed by atoms with E-state index in [1.165, 1.54) is 36.5 Å². The zero-order chi connectivity index (χ0) is 24.0. The van der Waals surface area contributed by atoms with Crippen molar-refractivity contribution in [2.24, 2.45) is 4.99 Å². The molecule has 0 spiro atoms. The summed E-state index contributed by atoms with van der Waals surface area (Å²) in [4.78, 5) is 9.15. The van der Waals surface area contributed by atoms with Gasteiger partial charge in [0.15, 0.2) is 12.1 Å². The van der Waals surface area contributed by atoms with Gasteiger partial charge < -0.3 is 20.3 Å². The topological polar surface area (TPSA) is 63.6 Å². The number of hydrogen-bond acceptors (Lipinski definition) is 4. The van der Waals surface area contributed by atoms with Crippen LogP contribution in [-0.2, 0) is 0 Å². The van der Waals surface area contributed by atoms with E-state index in [0.29, 0.717) is 23.1 Å². The van der Waals surface area contributed by atoms with Crippen molar-refractivity contribution in [3.05, 3.63) is 53.3 Å². The maximum Gasteiger partial charge on any atom is 0.273 e. The van der Waals surface area contributed by atoms with E-state index in [1.54, 1.807) is 6.07 Å². The average molecular weight is 465 g/mol. The number of hydrogen-bond donors (Lipinski definition) is 3. The molecule has 0 aliphatic carbocycles. The number of aromatic nitrogens is 1. The lowest BCUT2D eigenvalue weighted by Crippen LogP contribution is -2.25. The molecule has 1 unspecified atom stereocenters. The molecule has 0 radical (unpaired) electrons. The SMILES string of the molecule is CCN(CC)CCCNc1ccc(N=Cc2c(O)[nH]c3ccc(F)cc23)cc1C(F)C(F)F. The normalized spacial score (nSPS) is 13.0. The van der Waals surface area contributed by atoms with Crippen LogP contribution in [0, 0.1) is 5.82 Å². The van der Waals surface area contributed by atoms with E-state index in [4.69, 9.17) is 0 Å². The van der Waals surface area contributed by atoms with Gasteiger partial charge in [0.05, 0.1) is 11.3 Å². The van der Waals surface area contributed by atoms with Crippen molar-refractivity contribution in [3.63, 3.8) is 0 Å². The Hall–Kier alpha value is -3.07. The van der Waals surface area contributed by atoms with Crippen LogP contribution in [0.15, 0.2) is 41.4 Å². The number of nitrogens with one attached hydrogen (secondary N) is 2. The first-order chi connectivity index (χ1) is 15.8. The van der Waals surface area contributed by atoms with Crippen molar-refractivity contribution in [2.45, 2.75) is 32.9 Å². The summed E-state index contributed by atoms with van der Waals surface area (Å²) in [5, 5.41) is 13.6. The molecule has 1 aromatic heterocycles. The standard InChI is InChI=1S/C24H28F4N4O/c1-3-32(4-2)11-5-10-29-20-9-7-16(13-18(20)22(26)23(27)28)30-14-19-17-12-15(25)6-8-21(17)31-24(19)33/h6-9,12-14,22-23,29,31,33H,3-5,10-11H2,1-2H3. The molecule has 0 saturated heterocycles. The van der Waals surface area contributed by atoms with Crippen LogP contribution in [-0.4, -0.2) is 53.8 Å². The fraction of sp³-hybridized carbons (Fsp3) is 0.375. The number of benzene rings is 2. The van der Waals surface area contributed by atoms with Gasteiger partial charge in [-0.3, -0.25) is 4.99 Å². The van der Waals surface area contributed by atoms with Crippen LogP contribution >= 0.6 is 0 Å². The smallest absolute Gasteiger partial charge is 0.273 e. The van der Waals surface area contributed by atoms with Crippen LogP contribution in [0.5, 0.6) is 5.88 Å². The first-order valence-corrected chi connectivity index (χ1v) is 10.9. The van der Waals surface area contributed by atoms with Gasteiger partial charge >= 0.3 is 0 Å². The third-order valence-electron chi connectivity index (χ3n) is 5.54.